The summed E-state index contributed by atoms with van der Waals surface area (Å²) >= 11 is 1.38. The van der Waals surface area contributed by atoms with Gasteiger partial charge in [-0.25, -0.2) is 0 Å². The van der Waals surface area contributed by atoms with Gasteiger partial charge in [-0.1, -0.05) is 37.6 Å². The molecule has 0 aliphatic carbocycles. The third kappa shape index (κ3) is 5.78. The van der Waals surface area contributed by atoms with Crippen LogP contribution in [0.1, 0.15) is 41.4 Å². The minimum absolute atomic E-state index is 0.134. The molecule has 3 aromatic rings. The summed E-state index contributed by atoms with van der Waals surface area (Å²) < 4.78 is 0. The molecule has 2 amide bonds. The zero-order chi connectivity index (χ0) is 22.3. The monoisotopic (exact) mass is 452 g/mol. The Kier molecular flexibility index (Phi) is 7.60. The first-order chi connectivity index (χ1) is 15.6. The number of nitrogens with one attached hydrogen (secondary N) is 3. The van der Waals surface area contributed by atoms with Gasteiger partial charge in [-0.05, 0) is 54.9 Å². The molecule has 1 aliphatic heterocycles. The first-order valence-corrected chi connectivity index (χ1v) is 12.4. The van der Waals surface area contributed by atoms with E-state index in [9.17, 15) is 9.59 Å². The maximum atomic E-state index is 13.2. The van der Waals surface area contributed by atoms with Gasteiger partial charge in [0.2, 0.25) is 5.91 Å². The van der Waals surface area contributed by atoms with E-state index in [1.807, 2.05) is 41.9 Å². The van der Waals surface area contributed by atoms with Gasteiger partial charge in [0.15, 0.2) is 0 Å². The third-order valence-corrected chi connectivity index (χ3v) is 6.98. The average molecular weight is 453 g/mol. The van der Waals surface area contributed by atoms with Crippen molar-refractivity contribution in [3.63, 3.8) is 0 Å². The number of nitrogens with zero attached hydrogens (tertiary/aromatic N) is 1. The highest BCUT2D eigenvalue weighted by atomic mass is 32.1. The van der Waals surface area contributed by atoms with Gasteiger partial charge >= 0.3 is 0 Å². The standard InChI is InChI=1S/C25H32N4O2S/c1-18(17-29-11-5-2-6-12-29)15-27-24(30)22(28-25(31)23-10-7-13-32-23)14-19-16-26-21-9-4-3-8-20(19)21/h3-4,7-10,13,16,18,22,26H,2,5-6,11-12,14-15,17H2,1H3,(H,27,30)(H,28,31). The second-order valence-corrected chi connectivity index (χ2v) is 9.73. The van der Waals surface area contributed by atoms with Crippen LogP contribution < -0.4 is 10.6 Å². The maximum Gasteiger partial charge on any atom is 0.262 e. The number of H-pyrrole nitrogens is 1. The van der Waals surface area contributed by atoms with Crippen LogP contribution in [0, 0.1) is 5.92 Å². The van der Waals surface area contributed by atoms with Crippen LogP contribution in [0.4, 0.5) is 0 Å². The molecule has 1 fully saturated rings. The lowest BCUT2D eigenvalue weighted by Crippen LogP contribution is -2.49. The van der Waals surface area contributed by atoms with Crippen molar-refractivity contribution >= 4 is 34.1 Å². The molecular weight excluding hydrogens is 420 g/mol. The first kappa shape index (κ1) is 22.6. The lowest BCUT2D eigenvalue weighted by Gasteiger charge is -2.29. The summed E-state index contributed by atoms with van der Waals surface area (Å²) in [7, 11) is 0. The average Bonchev–Trinajstić information content (AvgIpc) is 3.48. The smallest absolute Gasteiger partial charge is 0.262 e. The molecule has 4 rings (SSSR count). The lowest BCUT2D eigenvalue weighted by molar-refractivity contribution is -0.123. The molecule has 0 spiro atoms. The first-order valence-electron chi connectivity index (χ1n) is 11.5. The predicted molar refractivity (Wildman–Crippen MR) is 130 cm³/mol. The number of piperidine rings is 1. The molecule has 3 N–H and O–H groups in total. The van der Waals surface area contributed by atoms with Gasteiger partial charge in [0.1, 0.15) is 6.04 Å². The van der Waals surface area contributed by atoms with Crippen molar-refractivity contribution in [2.75, 3.05) is 26.2 Å². The van der Waals surface area contributed by atoms with E-state index >= 15 is 0 Å². The fourth-order valence-electron chi connectivity index (χ4n) is 4.41. The van der Waals surface area contributed by atoms with Crippen molar-refractivity contribution in [3.05, 3.63) is 58.4 Å². The van der Waals surface area contributed by atoms with E-state index < -0.39 is 6.04 Å². The van der Waals surface area contributed by atoms with Gasteiger partial charge in [0.25, 0.3) is 5.91 Å². The zero-order valence-electron chi connectivity index (χ0n) is 18.6. The van der Waals surface area contributed by atoms with Crippen molar-refractivity contribution < 1.29 is 9.59 Å². The molecule has 32 heavy (non-hydrogen) atoms. The van der Waals surface area contributed by atoms with E-state index in [1.165, 1.54) is 30.6 Å². The molecule has 6 nitrogen and oxygen atoms in total. The summed E-state index contributed by atoms with van der Waals surface area (Å²) in [6.07, 6.45) is 6.22. The van der Waals surface area contributed by atoms with Gasteiger partial charge in [-0.3, -0.25) is 9.59 Å². The van der Waals surface area contributed by atoms with Crippen LogP contribution in [-0.4, -0.2) is 53.9 Å². The van der Waals surface area contributed by atoms with Gasteiger partial charge < -0.3 is 20.5 Å². The summed E-state index contributed by atoms with van der Waals surface area (Å²) in [5, 5.41) is 9.00. The summed E-state index contributed by atoms with van der Waals surface area (Å²) in [5.41, 5.74) is 2.05. The minimum atomic E-state index is -0.633. The fourth-order valence-corrected chi connectivity index (χ4v) is 5.04. The van der Waals surface area contributed by atoms with Crippen molar-refractivity contribution in [2.45, 2.75) is 38.6 Å². The Morgan fingerprint density at radius 2 is 1.94 bits per heavy atom. The van der Waals surface area contributed by atoms with Crippen LogP contribution in [0.2, 0.25) is 0 Å². The molecule has 1 saturated heterocycles. The Labute approximate surface area is 193 Å². The largest absolute Gasteiger partial charge is 0.361 e. The predicted octanol–water partition coefficient (Wildman–Crippen LogP) is 3.81. The molecule has 2 aromatic heterocycles. The Bertz CT molecular complexity index is 1020. The number of carbonyl (C=O) groups is 2. The number of carbonyl (C=O) groups excluding carboxylic acids is 2. The number of para-hydroxylation sites is 1. The van der Waals surface area contributed by atoms with E-state index in [2.05, 4.69) is 27.4 Å². The fraction of sp³-hybridized carbons (Fsp3) is 0.440. The van der Waals surface area contributed by atoms with Crippen LogP contribution in [0.3, 0.4) is 0 Å². The number of benzene rings is 1. The van der Waals surface area contributed by atoms with Gasteiger partial charge in [-0.2, -0.15) is 0 Å². The van der Waals surface area contributed by atoms with Gasteiger partial charge in [-0.15, -0.1) is 11.3 Å². The van der Waals surface area contributed by atoms with Crippen molar-refractivity contribution in [1.29, 1.82) is 0 Å². The van der Waals surface area contributed by atoms with Crippen molar-refractivity contribution in [1.82, 2.24) is 20.5 Å². The topological polar surface area (TPSA) is 77.2 Å². The number of aromatic amines is 1. The summed E-state index contributed by atoms with van der Waals surface area (Å²) in [6, 6.07) is 11.0. The Hall–Kier alpha value is -2.64. The maximum absolute atomic E-state index is 13.2. The quantitative estimate of drug-likeness (QED) is 0.462. The number of thiophene rings is 1. The van der Waals surface area contributed by atoms with Crippen LogP contribution in [0.25, 0.3) is 10.9 Å². The Balaban J connectivity index is 1.41. The van der Waals surface area contributed by atoms with E-state index in [-0.39, 0.29) is 11.8 Å². The molecular formula is C25H32N4O2S. The molecule has 1 aromatic carbocycles. The summed E-state index contributed by atoms with van der Waals surface area (Å²) in [6.45, 7) is 6.08. The SMILES string of the molecule is CC(CNC(=O)C(Cc1c[nH]c2ccccc12)NC(=O)c1cccs1)CN1CCCCC1. The van der Waals surface area contributed by atoms with Crippen molar-refractivity contribution in [2.24, 2.45) is 5.92 Å². The third-order valence-electron chi connectivity index (χ3n) is 6.11. The summed E-state index contributed by atoms with van der Waals surface area (Å²) in [5.74, 6) is 0.0193. The van der Waals surface area contributed by atoms with Crippen LogP contribution in [0.5, 0.6) is 0 Å². The van der Waals surface area contributed by atoms with Gasteiger partial charge in [0, 0.05) is 36.6 Å². The van der Waals surface area contributed by atoms with E-state index in [0.29, 0.717) is 23.8 Å². The van der Waals surface area contributed by atoms with Crippen LogP contribution >= 0.6 is 11.3 Å². The highest BCUT2D eigenvalue weighted by molar-refractivity contribution is 7.12. The molecule has 0 radical (unpaired) electrons. The number of likely N-dealkylation sites (tertiary alicyclic amines) is 1. The highest BCUT2D eigenvalue weighted by Gasteiger charge is 2.24. The van der Waals surface area contributed by atoms with Crippen LogP contribution in [0.15, 0.2) is 48.0 Å². The molecule has 0 saturated carbocycles. The zero-order valence-corrected chi connectivity index (χ0v) is 19.4. The van der Waals surface area contributed by atoms with Crippen molar-refractivity contribution in [3.8, 4) is 0 Å². The second-order valence-electron chi connectivity index (χ2n) is 8.78. The highest BCUT2D eigenvalue weighted by Crippen LogP contribution is 2.20. The normalized spacial score (nSPS) is 16.5. The number of rotatable bonds is 9. The van der Waals surface area contributed by atoms with E-state index in [1.54, 1.807) is 6.07 Å². The molecule has 2 atom stereocenters. The molecule has 1 aliphatic rings. The molecule has 0 bridgehead atoms. The molecule has 3 heterocycles. The lowest BCUT2D eigenvalue weighted by atomic mass is 10.0. The summed E-state index contributed by atoms with van der Waals surface area (Å²) in [4.78, 5) is 32.2. The molecule has 170 valence electrons. The van der Waals surface area contributed by atoms with Crippen LogP contribution in [-0.2, 0) is 11.2 Å². The minimum Gasteiger partial charge on any atom is -0.361 e. The number of aromatic nitrogens is 1. The number of hydrogen-bond acceptors (Lipinski definition) is 4. The number of hydrogen-bond donors (Lipinski definition) is 3. The number of fused-ring (bicyclic) bond motifs is 1. The number of amides is 2. The Morgan fingerprint density at radius 1 is 1.12 bits per heavy atom. The van der Waals surface area contributed by atoms with Gasteiger partial charge in [0.05, 0.1) is 4.88 Å². The Morgan fingerprint density at radius 3 is 2.72 bits per heavy atom. The van der Waals surface area contributed by atoms with E-state index in [0.717, 1.165) is 36.1 Å². The molecule has 7 heteroatoms. The van der Waals surface area contributed by atoms with E-state index in [4.69, 9.17) is 0 Å². The second kappa shape index (κ2) is 10.8. The molecule has 2 unspecified atom stereocenters.